The van der Waals surface area contributed by atoms with Gasteiger partial charge in [-0.1, -0.05) is 0 Å². The molecule has 0 rings (SSSR count). The van der Waals surface area contributed by atoms with E-state index in [0.29, 0.717) is 0 Å². The Kier molecular flexibility index (Phi) is 10.2. The maximum atomic E-state index is 9.93. The Labute approximate surface area is 109 Å². The van der Waals surface area contributed by atoms with Crippen molar-refractivity contribution in [3.63, 3.8) is 0 Å². The quantitative estimate of drug-likeness (QED) is 0.154. The molecule has 0 aliphatic rings. The molecule has 1 unspecified atom stereocenters. The standard InChI is InChI=1S/C4H9N3O2.C3H9O6P/c1-7(4(5)6)2-3(8)9;4-1-3(5)2-9-10(6,7)8/h2H2,1H3,(H3,5,6)(H,8,9);3-5H,1-2H2,(H2,6,7,8). The van der Waals surface area contributed by atoms with Gasteiger partial charge in [0.05, 0.1) is 13.2 Å². The molecule has 0 aromatic heterocycles. The van der Waals surface area contributed by atoms with Crippen molar-refractivity contribution in [3.8, 4) is 0 Å². The average Bonchev–Trinajstić information content (AvgIpc) is 2.24. The molecule has 1 atom stereocenters. The number of aliphatic hydroxyl groups excluding tert-OH is 2. The van der Waals surface area contributed by atoms with Crippen molar-refractivity contribution in [3.05, 3.63) is 0 Å². The number of rotatable bonds is 6. The first-order valence-corrected chi connectivity index (χ1v) is 6.28. The number of carboxylic acid groups (broad SMARTS) is 1. The van der Waals surface area contributed by atoms with Gasteiger partial charge >= 0.3 is 13.8 Å². The monoisotopic (exact) mass is 303 g/mol. The fraction of sp³-hybridized carbons (Fsp3) is 0.714. The normalized spacial score (nSPS) is 12.1. The van der Waals surface area contributed by atoms with Gasteiger partial charge in [0.25, 0.3) is 0 Å². The Bertz CT molecular complexity index is 332. The Hall–Kier alpha value is -1.23. The maximum absolute atomic E-state index is 9.93. The molecule has 8 N–H and O–H groups in total. The molecule has 0 fully saturated rings. The topological polar surface area (TPSA) is 198 Å². The van der Waals surface area contributed by atoms with Crippen LogP contribution in [0.4, 0.5) is 0 Å². The second-order valence-corrected chi connectivity index (χ2v) is 4.50. The number of nitrogens with two attached hydrogens (primary N) is 1. The summed E-state index contributed by atoms with van der Waals surface area (Å²) in [6.45, 7) is -1.38. The molecule has 0 aliphatic heterocycles. The van der Waals surface area contributed by atoms with Gasteiger partial charge < -0.3 is 35.7 Å². The molecule has 0 spiro atoms. The lowest BCUT2D eigenvalue weighted by molar-refractivity contribution is -0.137. The predicted octanol–water partition coefficient (Wildman–Crippen LogP) is -2.65. The summed E-state index contributed by atoms with van der Waals surface area (Å²) >= 11 is 0. The van der Waals surface area contributed by atoms with Crippen molar-refractivity contribution in [2.24, 2.45) is 5.73 Å². The summed E-state index contributed by atoms with van der Waals surface area (Å²) in [7, 11) is -3.06. The number of aliphatic carboxylic acids is 1. The Morgan fingerprint density at radius 1 is 1.53 bits per heavy atom. The highest BCUT2D eigenvalue weighted by molar-refractivity contribution is 7.46. The first-order valence-electron chi connectivity index (χ1n) is 4.75. The molecule has 0 aliphatic carbocycles. The molecule has 0 bridgehead atoms. The predicted molar refractivity (Wildman–Crippen MR) is 63.3 cm³/mol. The number of guanidine groups is 1. The van der Waals surface area contributed by atoms with Crippen molar-refractivity contribution < 1.29 is 39.0 Å². The van der Waals surface area contributed by atoms with E-state index in [2.05, 4.69) is 4.52 Å². The average molecular weight is 303 g/mol. The van der Waals surface area contributed by atoms with E-state index in [4.69, 9.17) is 36.2 Å². The number of carbonyl (C=O) groups is 1. The van der Waals surface area contributed by atoms with Crippen molar-refractivity contribution in [1.29, 1.82) is 5.41 Å². The van der Waals surface area contributed by atoms with Crippen LogP contribution in [0.15, 0.2) is 0 Å². The highest BCUT2D eigenvalue weighted by atomic mass is 31.2. The smallest absolute Gasteiger partial charge is 0.469 e. The van der Waals surface area contributed by atoms with Crippen LogP contribution in [-0.2, 0) is 13.9 Å². The van der Waals surface area contributed by atoms with Crippen LogP contribution in [0.1, 0.15) is 0 Å². The zero-order valence-corrected chi connectivity index (χ0v) is 11.0. The largest absolute Gasteiger partial charge is 0.480 e. The Balaban J connectivity index is 0. The minimum Gasteiger partial charge on any atom is -0.480 e. The molecule has 0 heterocycles. The van der Waals surface area contributed by atoms with Gasteiger partial charge in [0.1, 0.15) is 12.6 Å². The second kappa shape index (κ2) is 9.67. The summed E-state index contributed by atoms with van der Waals surface area (Å²) in [5, 5.41) is 31.5. The number of nitrogens with one attached hydrogen (secondary N) is 1. The summed E-state index contributed by atoms with van der Waals surface area (Å²) in [4.78, 5) is 27.2. The molecule has 0 saturated heterocycles. The number of nitrogens with zero attached hydrogens (tertiary/aromatic N) is 1. The van der Waals surface area contributed by atoms with Crippen LogP contribution in [0.25, 0.3) is 0 Å². The van der Waals surface area contributed by atoms with E-state index < -0.39 is 33.1 Å². The van der Waals surface area contributed by atoms with Crippen molar-refractivity contribution in [2.75, 3.05) is 26.8 Å². The van der Waals surface area contributed by atoms with Gasteiger partial charge in [0, 0.05) is 7.05 Å². The molecular weight excluding hydrogens is 285 g/mol. The van der Waals surface area contributed by atoms with Gasteiger partial charge in [-0.2, -0.15) is 0 Å². The fourth-order valence-electron chi connectivity index (χ4n) is 0.524. The minimum absolute atomic E-state index is 0.227. The SMILES string of the molecule is CN(CC(=O)O)C(=N)N.O=P(O)(O)OCC(O)CO. The van der Waals surface area contributed by atoms with Crippen LogP contribution >= 0.6 is 7.82 Å². The van der Waals surface area contributed by atoms with Gasteiger partial charge in [-0.05, 0) is 0 Å². The van der Waals surface area contributed by atoms with E-state index in [0.717, 1.165) is 4.90 Å². The third-order valence-corrected chi connectivity index (χ3v) is 1.91. The van der Waals surface area contributed by atoms with E-state index in [9.17, 15) is 9.36 Å². The maximum Gasteiger partial charge on any atom is 0.469 e. The number of hydrogen-bond acceptors (Lipinski definition) is 6. The number of aliphatic hydroxyl groups is 2. The Morgan fingerprint density at radius 3 is 2.21 bits per heavy atom. The highest BCUT2D eigenvalue weighted by Gasteiger charge is 2.15. The molecule has 19 heavy (non-hydrogen) atoms. The summed E-state index contributed by atoms with van der Waals surface area (Å²) < 4.78 is 13.8. The van der Waals surface area contributed by atoms with Gasteiger partial charge in [-0.15, -0.1) is 0 Å². The molecule has 114 valence electrons. The lowest BCUT2D eigenvalue weighted by Gasteiger charge is -2.12. The lowest BCUT2D eigenvalue weighted by atomic mass is 10.4. The summed E-state index contributed by atoms with van der Waals surface area (Å²) in [6.07, 6.45) is -1.24. The third kappa shape index (κ3) is 16.8. The van der Waals surface area contributed by atoms with Gasteiger partial charge in [0.2, 0.25) is 0 Å². The minimum atomic E-state index is -4.50. The molecule has 0 amide bonds. The van der Waals surface area contributed by atoms with Gasteiger partial charge in [0.15, 0.2) is 5.96 Å². The van der Waals surface area contributed by atoms with E-state index in [1.165, 1.54) is 7.05 Å². The first kappa shape index (κ1) is 20.1. The molecule has 0 aromatic carbocycles. The summed E-state index contributed by atoms with van der Waals surface area (Å²) in [6, 6.07) is 0. The summed E-state index contributed by atoms with van der Waals surface area (Å²) in [5.74, 6) is -1.23. The van der Waals surface area contributed by atoms with Crippen molar-refractivity contribution in [2.45, 2.75) is 6.10 Å². The van der Waals surface area contributed by atoms with E-state index in [1.807, 2.05) is 0 Å². The van der Waals surface area contributed by atoms with Gasteiger partial charge in [-0.25, -0.2) is 4.57 Å². The molecule has 11 nitrogen and oxygen atoms in total. The van der Waals surface area contributed by atoms with Crippen LogP contribution in [0.3, 0.4) is 0 Å². The molecule has 0 aromatic rings. The van der Waals surface area contributed by atoms with Crippen LogP contribution in [-0.4, -0.2) is 74.8 Å². The fourth-order valence-corrected chi connectivity index (χ4v) is 0.890. The number of carboxylic acids is 1. The summed E-state index contributed by atoms with van der Waals surface area (Å²) in [5.41, 5.74) is 4.93. The number of phosphoric ester groups is 1. The van der Waals surface area contributed by atoms with E-state index in [-0.39, 0.29) is 12.5 Å². The lowest BCUT2D eigenvalue weighted by Crippen LogP contribution is -2.36. The number of hydrogen-bond donors (Lipinski definition) is 7. The van der Waals surface area contributed by atoms with Crippen LogP contribution in [0.5, 0.6) is 0 Å². The molecular formula is C7H18N3O8P. The molecule has 0 radical (unpaired) electrons. The highest BCUT2D eigenvalue weighted by Crippen LogP contribution is 2.35. The molecule has 12 heteroatoms. The zero-order valence-electron chi connectivity index (χ0n) is 10.1. The van der Waals surface area contributed by atoms with Crippen LogP contribution in [0, 0.1) is 5.41 Å². The third-order valence-electron chi connectivity index (χ3n) is 1.43. The second-order valence-electron chi connectivity index (χ2n) is 3.26. The number of likely N-dealkylation sites (N-methyl/N-ethyl adjacent to an activating group) is 1. The van der Waals surface area contributed by atoms with E-state index >= 15 is 0 Å². The Morgan fingerprint density at radius 2 is 2.00 bits per heavy atom. The van der Waals surface area contributed by atoms with Gasteiger partial charge in [-0.3, -0.25) is 14.7 Å². The zero-order chi connectivity index (χ0) is 15.6. The van der Waals surface area contributed by atoms with Crippen molar-refractivity contribution in [1.82, 2.24) is 4.90 Å². The number of phosphoric acid groups is 1. The van der Waals surface area contributed by atoms with Crippen LogP contribution < -0.4 is 5.73 Å². The first-order chi connectivity index (χ1) is 8.49. The van der Waals surface area contributed by atoms with E-state index in [1.54, 1.807) is 0 Å². The van der Waals surface area contributed by atoms with Crippen LogP contribution in [0.2, 0.25) is 0 Å². The molecule has 0 saturated carbocycles. The van der Waals surface area contributed by atoms with Crippen molar-refractivity contribution >= 4 is 19.8 Å².